The Balaban J connectivity index is 1.88. The molecule has 0 aliphatic heterocycles. The van der Waals surface area contributed by atoms with Crippen LogP contribution in [0.1, 0.15) is 40.7 Å². The minimum absolute atomic E-state index is 0.0312. The first-order chi connectivity index (χ1) is 12.2. The van der Waals surface area contributed by atoms with Crippen molar-refractivity contribution in [1.82, 2.24) is 0 Å². The van der Waals surface area contributed by atoms with Gasteiger partial charge in [-0.2, -0.15) is 0 Å². The van der Waals surface area contributed by atoms with Crippen LogP contribution in [0.25, 0.3) is 0 Å². The number of methoxy groups -OCH3 is 1. The van der Waals surface area contributed by atoms with Crippen molar-refractivity contribution in [3.63, 3.8) is 0 Å². The highest BCUT2D eigenvalue weighted by Gasteiger charge is 2.19. The normalized spacial score (nSPS) is 13.2. The summed E-state index contributed by atoms with van der Waals surface area (Å²) in [5.41, 5.74) is 4.34. The molecule has 0 saturated carbocycles. The number of ether oxygens (including phenoxy) is 1. The van der Waals surface area contributed by atoms with Crippen molar-refractivity contribution < 1.29 is 9.53 Å². The number of nitrogens with zero attached hydrogens (tertiary/aromatic N) is 1. The highest BCUT2D eigenvalue weighted by Crippen LogP contribution is 2.25. The van der Waals surface area contributed by atoms with Gasteiger partial charge in [0.2, 0.25) is 0 Å². The molecule has 1 aliphatic carbocycles. The van der Waals surface area contributed by atoms with Gasteiger partial charge in [-0.1, -0.05) is 6.07 Å². The second kappa shape index (κ2) is 8.39. The van der Waals surface area contributed by atoms with E-state index in [-0.39, 0.29) is 5.91 Å². The first-order valence-electron chi connectivity index (χ1n) is 8.86. The number of alkyl halides is 1. The molecular weight excluding hydrogens is 334 g/mol. The molecule has 0 fully saturated rings. The van der Waals surface area contributed by atoms with Crippen LogP contribution >= 0.6 is 11.6 Å². The lowest BCUT2D eigenvalue weighted by Crippen LogP contribution is -2.32. The van der Waals surface area contributed by atoms with E-state index in [1.807, 2.05) is 35.2 Å². The molecule has 2 aromatic rings. The summed E-state index contributed by atoms with van der Waals surface area (Å²) in [7, 11) is 1.64. The molecule has 1 amide bonds. The minimum Gasteiger partial charge on any atom is -0.497 e. The number of carbonyl (C=O) groups excluding carboxylic acids is 1. The van der Waals surface area contributed by atoms with E-state index in [9.17, 15) is 4.79 Å². The van der Waals surface area contributed by atoms with E-state index in [2.05, 4.69) is 12.1 Å². The molecule has 3 nitrogen and oxygen atoms in total. The Morgan fingerprint density at radius 2 is 1.80 bits per heavy atom. The molecule has 0 atom stereocenters. The number of carbonyl (C=O) groups is 1. The molecule has 132 valence electrons. The van der Waals surface area contributed by atoms with Crippen molar-refractivity contribution in [2.45, 2.75) is 32.1 Å². The van der Waals surface area contributed by atoms with Gasteiger partial charge in [0, 0.05) is 23.7 Å². The number of benzene rings is 2. The zero-order chi connectivity index (χ0) is 17.6. The van der Waals surface area contributed by atoms with Crippen molar-refractivity contribution >= 4 is 23.2 Å². The lowest BCUT2D eigenvalue weighted by molar-refractivity contribution is 0.0987. The van der Waals surface area contributed by atoms with E-state index in [4.69, 9.17) is 16.3 Å². The monoisotopic (exact) mass is 357 g/mol. The highest BCUT2D eigenvalue weighted by atomic mass is 35.5. The number of fused-ring (bicyclic) bond motifs is 1. The Bertz CT molecular complexity index is 727. The van der Waals surface area contributed by atoms with E-state index >= 15 is 0 Å². The van der Waals surface area contributed by atoms with Crippen LogP contribution in [-0.2, 0) is 12.8 Å². The molecule has 0 spiro atoms. The molecule has 0 radical (unpaired) electrons. The van der Waals surface area contributed by atoms with Gasteiger partial charge < -0.3 is 9.64 Å². The molecule has 25 heavy (non-hydrogen) atoms. The molecule has 3 rings (SSSR count). The standard InChI is InChI=1S/C21H24ClNO2/c1-25-20-11-9-19(10-12-20)23(14-4-13-22)21(24)18-8-7-16-5-2-3-6-17(16)15-18/h7-12,15H,2-6,13-14H2,1H3. The first-order valence-corrected chi connectivity index (χ1v) is 9.40. The summed E-state index contributed by atoms with van der Waals surface area (Å²) in [6.07, 6.45) is 5.40. The van der Waals surface area contributed by atoms with Crippen LogP contribution < -0.4 is 9.64 Å². The van der Waals surface area contributed by atoms with Gasteiger partial charge in [-0.25, -0.2) is 0 Å². The summed E-state index contributed by atoms with van der Waals surface area (Å²) in [4.78, 5) is 15.0. The fraction of sp³-hybridized carbons (Fsp3) is 0.381. The summed E-state index contributed by atoms with van der Waals surface area (Å²) >= 11 is 5.87. The molecule has 0 saturated heterocycles. The second-order valence-electron chi connectivity index (χ2n) is 6.39. The van der Waals surface area contributed by atoms with Gasteiger partial charge in [-0.3, -0.25) is 4.79 Å². The minimum atomic E-state index is 0.0312. The number of rotatable bonds is 6. The van der Waals surface area contributed by atoms with Crippen LogP contribution in [-0.4, -0.2) is 25.4 Å². The van der Waals surface area contributed by atoms with Crippen LogP contribution in [0.3, 0.4) is 0 Å². The van der Waals surface area contributed by atoms with Gasteiger partial charge in [-0.15, -0.1) is 11.6 Å². The predicted octanol–water partition coefficient (Wildman–Crippen LogP) is 4.85. The van der Waals surface area contributed by atoms with Gasteiger partial charge in [0.25, 0.3) is 5.91 Å². The van der Waals surface area contributed by atoms with Crippen molar-refractivity contribution in [1.29, 1.82) is 0 Å². The third kappa shape index (κ3) is 4.16. The second-order valence-corrected chi connectivity index (χ2v) is 6.77. The maximum Gasteiger partial charge on any atom is 0.258 e. The molecule has 1 aliphatic rings. The zero-order valence-electron chi connectivity index (χ0n) is 14.6. The third-order valence-corrected chi connectivity index (χ3v) is 5.01. The third-order valence-electron chi connectivity index (χ3n) is 4.74. The van der Waals surface area contributed by atoms with E-state index in [1.165, 1.54) is 24.0 Å². The maximum absolute atomic E-state index is 13.1. The van der Waals surface area contributed by atoms with E-state index < -0.39 is 0 Å². The van der Waals surface area contributed by atoms with Crippen LogP contribution in [0, 0.1) is 0 Å². The lowest BCUT2D eigenvalue weighted by Gasteiger charge is -2.24. The molecule has 0 aromatic heterocycles. The van der Waals surface area contributed by atoms with Crippen LogP contribution in [0.15, 0.2) is 42.5 Å². The van der Waals surface area contributed by atoms with E-state index in [1.54, 1.807) is 7.11 Å². The lowest BCUT2D eigenvalue weighted by atomic mass is 9.90. The van der Waals surface area contributed by atoms with Gasteiger partial charge in [0.15, 0.2) is 0 Å². The van der Waals surface area contributed by atoms with Crippen LogP contribution in [0.5, 0.6) is 5.75 Å². The summed E-state index contributed by atoms with van der Waals surface area (Å²) in [5.74, 6) is 1.34. The average Bonchev–Trinajstić information content (AvgIpc) is 2.68. The topological polar surface area (TPSA) is 29.5 Å². The summed E-state index contributed by atoms with van der Waals surface area (Å²) in [6.45, 7) is 0.603. The van der Waals surface area contributed by atoms with Crippen molar-refractivity contribution in [2.75, 3.05) is 24.4 Å². The Morgan fingerprint density at radius 1 is 1.08 bits per heavy atom. The van der Waals surface area contributed by atoms with Crippen LogP contribution in [0.4, 0.5) is 5.69 Å². The van der Waals surface area contributed by atoms with Gasteiger partial charge in [-0.05, 0) is 79.6 Å². The van der Waals surface area contributed by atoms with Crippen molar-refractivity contribution in [3.05, 3.63) is 59.2 Å². The molecule has 2 aromatic carbocycles. The summed E-state index contributed by atoms with van der Waals surface area (Å²) in [6, 6.07) is 13.8. The van der Waals surface area contributed by atoms with Gasteiger partial charge in [0.05, 0.1) is 7.11 Å². The average molecular weight is 358 g/mol. The number of hydrogen-bond donors (Lipinski definition) is 0. The van der Waals surface area contributed by atoms with Gasteiger partial charge in [0.1, 0.15) is 5.75 Å². The molecule has 0 N–H and O–H groups in total. The number of aryl methyl sites for hydroxylation is 2. The Labute approximate surface area is 154 Å². The smallest absolute Gasteiger partial charge is 0.258 e. The Hall–Kier alpha value is -2.00. The SMILES string of the molecule is COc1ccc(N(CCCCl)C(=O)c2ccc3c(c2)CCCC3)cc1. The Morgan fingerprint density at radius 3 is 2.48 bits per heavy atom. The number of amides is 1. The summed E-state index contributed by atoms with van der Waals surface area (Å²) in [5, 5.41) is 0. The summed E-state index contributed by atoms with van der Waals surface area (Å²) < 4.78 is 5.21. The van der Waals surface area contributed by atoms with E-state index in [0.717, 1.165) is 36.3 Å². The fourth-order valence-corrected chi connectivity index (χ4v) is 3.47. The molecule has 4 heteroatoms. The number of anilines is 1. The quantitative estimate of drug-likeness (QED) is 0.691. The van der Waals surface area contributed by atoms with Crippen molar-refractivity contribution in [3.8, 4) is 5.75 Å². The maximum atomic E-state index is 13.1. The highest BCUT2D eigenvalue weighted by molar-refractivity contribution is 6.17. The molecular formula is C21H24ClNO2. The molecule has 0 bridgehead atoms. The Kier molecular flexibility index (Phi) is 5.98. The number of halogens is 1. The van der Waals surface area contributed by atoms with Gasteiger partial charge >= 0.3 is 0 Å². The number of hydrogen-bond acceptors (Lipinski definition) is 2. The van der Waals surface area contributed by atoms with Crippen LogP contribution in [0.2, 0.25) is 0 Å². The van der Waals surface area contributed by atoms with E-state index in [0.29, 0.717) is 12.4 Å². The fourth-order valence-electron chi connectivity index (χ4n) is 3.35. The molecule has 0 unspecified atom stereocenters. The van der Waals surface area contributed by atoms with Crippen molar-refractivity contribution in [2.24, 2.45) is 0 Å². The largest absolute Gasteiger partial charge is 0.497 e. The zero-order valence-corrected chi connectivity index (χ0v) is 15.4. The first kappa shape index (κ1) is 17.8. The predicted molar refractivity (Wildman–Crippen MR) is 103 cm³/mol. The molecule has 0 heterocycles.